The predicted molar refractivity (Wildman–Crippen MR) is 58.8 cm³/mol. The minimum absolute atomic E-state index is 0.349. The molecular formula is C9H15BrN4. The topological polar surface area (TPSA) is 47.1 Å². The summed E-state index contributed by atoms with van der Waals surface area (Å²) in [4.78, 5) is 2.37. The number of nitrogens with zero attached hydrogens (tertiary/aromatic N) is 3. The number of nitrogens with two attached hydrogens (primary N) is 1. The highest BCUT2D eigenvalue weighted by molar-refractivity contribution is 9.10. The van der Waals surface area contributed by atoms with Crippen molar-refractivity contribution in [2.75, 3.05) is 13.1 Å². The molecule has 2 heterocycles. The van der Waals surface area contributed by atoms with Gasteiger partial charge in [0.2, 0.25) is 0 Å². The number of aromatic nitrogens is 2. The van der Waals surface area contributed by atoms with E-state index >= 15 is 0 Å². The summed E-state index contributed by atoms with van der Waals surface area (Å²) in [5.41, 5.74) is 7.08. The smallest absolute Gasteiger partial charge is 0.0663 e. The summed E-state index contributed by atoms with van der Waals surface area (Å²) in [6.07, 6.45) is 2.95. The molecule has 2 N–H and O–H groups in total. The average molecular weight is 259 g/mol. The van der Waals surface area contributed by atoms with Crippen LogP contribution in [0, 0.1) is 0 Å². The molecule has 1 saturated heterocycles. The molecule has 1 fully saturated rings. The molecule has 0 unspecified atom stereocenters. The van der Waals surface area contributed by atoms with Gasteiger partial charge in [-0.3, -0.25) is 9.58 Å². The Labute approximate surface area is 92.2 Å². The highest BCUT2D eigenvalue weighted by Crippen LogP contribution is 2.19. The van der Waals surface area contributed by atoms with Crippen LogP contribution in [0.25, 0.3) is 0 Å². The van der Waals surface area contributed by atoms with Crippen molar-refractivity contribution in [2.24, 2.45) is 12.8 Å². The number of halogens is 1. The largest absolute Gasteiger partial charge is 0.326 e. The minimum Gasteiger partial charge on any atom is -0.326 e. The normalized spacial score (nSPS) is 23.2. The lowest BCUT2D eigenvalue weighted by atomic mass is 10.3. The SMILES string of the molecule is Cn1ncc(Br)c1CN1CC[C@H](N)C1. The molecule has 0 radical (unpaired) electrons. The van der Waals surface area contributed by atoms with E-state index < -0.39 is 0 Å². The van der Waals surface area contributed by atoms with Gasteiger partial charge >= 0.3 is 0 Å². The maximum absolute atomic E-state index is 5.85. The average Bonchev–Trinajstić information content (AvgIpc) is 2.67. The highest BCUT2D eigenvalue weighted by atomic mass is 79.9. The lowest BCUT2D eigenvalue weighted by molar-refractivity contribution is 0.316. The molecule has 1 aromatic rings. The van der Waals surface area contributed by atoms with Crippen LogP contribution in [0.1, 0.15) is 12.1 Å². The van der Waals surface area contributed by atoms with Gasteiger partial charge in [-0.25, -0.2) is 0 Å². The standard InChI is InChI=1S/C9H15BrN4/c1-13-9(8(10)4-12-13)6-14-3-2-7(11)5-14/h4,7H,2-3,5-6,11H2,1H3/t7-/m0/s1. The summed E-state index contributed by atoms with van der Waals surface area (Å²) in [7, 11) is 1.97. The van der Waals surface area contributed by atoms with Gasteiger partial charge in [0, 0.05) is 32.7 Å². The van der Waals surface area contributed by atoms with E-state index in [4.69, 9.17) is 5.73 Å². The molecular weight excluding hydrogens is 244 g/mol. The molecule has 1 aliphatic rings. The third-order valence-electron chi connectivity index (χ3n) is 2.69. The summed E-state index contributed by atoms with van der Waals surface area (Å²) in [6, 6.07) is 0.349. The van der Waals surface area contributed by atoms with Crippen LogP contribution in [-0.2, 0) is 13.6 Å². The molecule has 0 bridgehead atoms. The molecule has 78 valence electrons. The van der Waals surface area contributed by atoms with Crippen molar-refractivity contribution >= 4 is 15.9 Å². The van der Waals surface area contributed by atoms with Crippen molar-refractivity contribution in [3.63, 3.8) is 0 Å². The summed E-state index contributed by atoms with van der Waals surface area (Å²) >= 11 is 3.50. The highest BCUT2D eigenvalue weighted by Gasteiger charge is 2.20. The Morgan fingerprint density at radius 3 is 3.00 bits per heavy atom. The Morgan fingerprint density at radius 1 is 1.71 bits per heavy atom. The third-order valence-corrected chi connectivity index (χ3v) is 3.36. The lowest BCUT2D eigenvalue weighted by Gasteiger charge is -2.15. The lowest BCUT2D eigenvalue weighted by Crippen LogP contribution is -2.27. The van der Waals surface area contributed by atoms with Crippen LogP contribution in [0.2, 0.25) is 0 Å². The number of aryl methyl sites for hydroxylation is 1. The predicted octanol–water partition coefficient (Wildman–Crippen LogP) is 0.716. The zero-order valence-corrected chi connectivity index (χ0v) is 9.87. The fourth-order valence-corrected chi connectivity index (χ4v) is 2.31. The van der Waals surface area contributed by atoms with Crippen LogP contribution in [0.3, 0.4) is 0 Å². The van der Waals surface area contributed by atoms with E-state index in [9.17, 15) is 0 Å². The first-order valence-electron chi connectivity index (χ1n) is 4.81. The first kappa shape index (κ1) is 10.1. The maximum Gasteiger partial charge on any atom is 0.0663 e. The van der Waals surface area contributed by atoms with Crippen LogP contribution >= 0.6 is 15.9 Å². The Hall–Kier alpha value is -0.390. The number of hydrogen-bond acceptors (Lipinski definition) is 3. The molecule has 0 aromatic carbocycles. The van der Waals surface area contributed by atoms with Crippen LogP contribution < -0.4 is 5.73 Å². The van der Waals surface area contributed by atoms with Crippen molar-refractivity contribution in [3.8, 4) is 0 Å². The van der Waals surface area contributed by atoms with Gasteiger partial charge in [0.25, 0.3) is 0 Å². The summed E-state index contributed by atoms with van der Waals surface area (Å²) in [5.74, 6) is 0. The van der Waals surface area contributed by atoms with Crippen molar-refractivity contribution in [2.45, 2.75) is 19.0 Å². The van der Waals surface area contributed by atoms with Crippen LogP contribution in [0.4, 0.5) is 0 Å². The molecule has 14 heavy (non-hydrogen) atoms. The first-order chi connectivity index (χ1) is 6.66. The van der Waals surface area contributed by atoms with E-state index in [0.29, 0.717) is 6.04 Å². The molecule has 2 rings (SSSR count). The van der Waals surface area contributed by atoms with Gasteiger partial charge in [-0.1, -0.05) is 0 Å². The molecule has 0 saturated carbocycles. The van der Waals surface area contributed by atoms with Crippen LogP contribution in [0.15, 0.2) is 10.7 Å². The van der Waals surface area contributed by atoms with E-state index in [-0.39, 0.29) is 0 Å². The van der Waals surface area contributed by atoms with Crippen molar-refractivity contribution in [3.05, 3.63) is 16.4 Å². The Morgan fingerprint density at radius 2 is 2.50 bits per heavy atom. The van der Waals surface area contributed by atoms with Gasteiger partial charge in [-0.05, 0) is 22.4 Å². The zero-order valence-electron chi connectivity index (χ0n) is 8.28. The van der Waals surface area contributed by atoms with Gasteiger partial charge in [0.15, 0.2) is 0 Å². The molecule has 0 amide bonds. The molecule has 4 nitrogen and oxygen atoms in total. The second-order valence-corrected chi connectivity index (χ2v) is 4.70. The van der Waals surface area contributed by atoms with E-state index in [1.807, 2.05) is 17.9 Å². The summed E-state index contributed by atoms with van der Waals surface area (Å²) in [5, 5.41) is 4.19. The Balaban J connectivity index is 2.04. The molecule has 0 aliphatic carbocycles. The van der Waals surface area contributed by atoms with E-state index in [0.717, 1.165) is 30.5 Å². The third kappa shape index (κ3) is 1.99. The summed E-state index contributed by atoms with van der Waals surface area (Å²) < 4.78 is 2.99. The Bertz CT molecular complexity index is 303. The second-order valence-electron chi connectivity index (χ2n) is 3.85. The van der Waals surface area contributed by atoms with E-state index in [1.54, 1.807) is 0 Å². The number of likely N-dealkylation sites (tertiary alicyclic amines) is 1. The van der Waals surface area contributed by atoms with Crippen LogP contribution in [-0.4, -0.2) is 33.8 Å². The van der Waals surface area contributed by atoms with Gasteiger partial charge in [-0.2, -0.15) is 5.10 Å². The molecule has 1 atom stereocenters. The van der Waals surface area contributed by atoms with Crippen LogP contribution in [0.5, 0.6) is 0 Å². The minimum atomic E-state index is 0.349. The maximum atomic E-state index is 5.85. The van der Waals surface area contributed by atoms with Gasteiger partial charge in [0.05, 0.1) is 16.4 Å². The van der Waals surface area contributed by atoms with Crippen molar-refractivity contribution in [1.82, 2.24) is 14.7 Å². The Kier molecular flexibility index (Phi) is 2.90. The van der Waals surface area contributed by atoms with Gasteiger partial charge in [0.1, 0.15) is 0 Å². The monoisotopic (exact) mass is 258 g/mol. The second kappa shape index (κ2) is 4.00. The number of hydrogen-bond donors (Lipinski definition) is 1. The van der Waals surface area contributed by atoms with E-state index in [1.165, 1.54) is 5.69 Å². The van der Waals surface area contributed by atoms with Gasteiger partial charge < -0.3 is 5.73 Å². The molecule has 5 heteroatoms. The van der Waals surface area contributed by atoms with Gasteiger partial charge in [-0.15, -0.1) is 0 Å². The molecule has 0 spiro atoms. The van der Waals surface area contributed by atoms with E-state index in [2.05, 4.69) is 25.9 Å². The first-order valence-corrected chi connectivity index (χ1v) is 5.60. The zero-order chi connectivity index (χ0) is 10.1. The number of rotatable bonds is 2. The fourth-order valence-electron chi connectivity index (χ4n) is 1.83. The molecule has 1 aromatic heterocycles. The quantitative estimate of drug-likeness (QED) is 0.851. The summed E-state index contributed by atoms with van der Waals surface area (Å²) in [6.45, 7) is 3.03. The van der Waals surface area contributed by atoms with Crippen molar-refractivity contribution in [1.29, 1.82) is 0 Å². The molecule has 1 aliphatic heterocycles. The fraction of sp³-hybridized carbons (Fsp3) is 0.667. The van der Waals surface area contributed by atoms with Crippen molar-refractivity contribution < 1.29 is 0 Å².